The van der Waals surface area contributed by atoms with Gasteiger partial charge in [-0.15, -0.1) is 0 Å². The van der Waals surface area contributed by atoms with E-state index in [1.165, 1.54) is 0 Å². The molecule has 0 aliphatic heterocycles. The second kappa shape index (κ2) is 21.8. The maximum absolute atomic E-state index is 10.9. The van der Waals surface area contributed by atoms with Crippen molar-refractivity contribution >= 4 is 33.5 Å². The Balaban J connectivity index is -0.000000282. The molecule has 0 heterocycles. The number of methoxy groups -OCH3 is 2. The fourth-order valence-corrected chi connectivity index (χ4v) is 3.56. The summed E-state index contributed by atoms with van der Waals surface area (Å²) < 4.78 is 10.3. The van der Waals surface area contributed by atoms with Gasteiger partial charge in [0, 0.05) is 11.9 Å². The quantitative estimate of drug-likeness (QED) is 0.277. The first kappa shape index (κ1) is 46.1. The monoisotopic (exact) mass is 604 g/mol. The number of carbonyl (C=O) groups excluding carboxylic acids is 1. The minimum atomic E-state index is -1.06. The van der Waals surface area contributed by atoms with Crippen LogP contribution in [0.2, 0.25) is 0 Å². The summed E-state index contributed by atoms with van der Waals surface area (Å²) in [5.74, 6) is -1.35. The van der Waals surface area contributed by atoms with Crippen LogP contribution in [0, 0.1) is 0 Å². The van der Waals surface area contributed by atoms with Crippen molar-refractivity contribution in [3.8, 4) is 11.5 Å². The van der Waals surface area contributed by atoms with Crippen molar-refractivity contribution in [2.75, 3.05) is 14.2 Å². The van der Waals surface area contributed by atoms with Crippen LogP contribution >= 0.6 is 0 Å². The Labute approximate surface area is 321 Å². The van der Waals surface area contributed by atoms with Gasteiger partial charge in [0.05, 0.1) is 20.1 Å². The van der Waals surface area contributed by atoms with E-state index >= 15 is 0 Å². The number of rotatable bonds is 6. The molecule has 0 aromatic heterocycles. The number of benzene rings is 4. The molecule has 0 spiro atoms. The van der Waals surface area contributed by atoms with E-state index in [0.29, 0.717) is 0 Å². The molecule has 0 aliphatic rings. The first-order chi connectivity index (χ1) is 16.2. The second-order valence-corrected chi connectivity index (χ2v) is 8.05. The molecule has 4 rings (SSSR count). The number of carboxylic acid groups (broad SMARTS) is 2. The number of ether oxygens (including phenoxy) is 2. The number of hydrogen-bond acceptors (Lipinski definition) is 6. The van der Waals surface area contributed by atoms with E-state index in [2.05, 4.69) is 0 Å². The van der Waals surface area contributed by atoms with Crippen molar-refractivity contribution in [2.24, 2.45) is 0 Å². The van der Waals surface area contributed by atoms with Crippen molar-refractivity contribution in [1.82, 2.24) is 0 Å². The molecule has 2 unspecified atom stereocenters. The molecule has 0 fully saturated rings. The molecule has 40 heavy (non-hydrogen) atoms. The Morgan fingerprint density at radius 2 is 1.00 bits per heavy atom. The molecule has 0 radical (unpaired) electrons. The average Bonchev–Trinajstić information content (AvgIpc) is 2.86. The van der Waals surface area contributed by atoms with E-state index in [0.717, 1.165) is 44.2 Å². The van der Waals surface area contributed by atoms with Crippen molar-refractivity contribution in [3.05, 3.63) is 83.9 Å². The molecular formula is C30H38K2O8. The minimum Gasteiger partial charge on any atom is -0.870 e. The van der Waals surface area contributed by atoms with Crippen LogP contribution in [-0.2, 0) is 9.59 Å². The first-order valence-corrected chi connectivity index (χ1v) is 10.8. The zero-order valence-corrected chi connectivity index (χ0v) is 28.8. The molecule has 0 saturated heterocycles. The molecule has 208 valence electrons. The van der Waals surface area contributed by atoms with E-state index < -0.39 is 23.8 Å². The van der Waals surface area contributed by atoms with E-state index in [1.807, 2.05) is 72.8 Å². The van der Waals surface area contributed by atoms with Crippen LogP contribution in [-0.4, -0.2) is 42.2 Å². The molecule has 2 atom stereocenters. The number of carboxylic acids is 2. The summed E-state index contributed by atoms with van der Waals surface area (Å²) in [5, 5.41) is 23.9. The predicted molar refractivity (Wildman–Crippen MR) is 149 cm³/mol. The van der Waals surface area contributed by atoms with Crippen LogP contribution in [0.25, 0.3) is 21.5 Å². The predicted octanol–water partition coefficient (Wildman–Crippen LogP) is -0.983. The van der Waals surface area contributed by atoms with Crippen LogP contribution in [0.5, 0.6) is 11.5 Å². The Morgan fingerprint density at radius 3 is 1.32 bits per heavy atom. The summed E-state index contributed by atoms with van der Waals surface area (Å²) in [6.45, 7) is 3.31. The SMILES string of the molecule is C.C.COc1ccc2cc(C(C)C(=O)O)ccc2c1.COc1ccc2cc(C(C)C(=O)[O-])ccc2c1.O.[K+].[K+].[OH-]. The fourth-order valence-electron chi connectivity index (χ4n) is 3.56. The van der Waals surface area contributed by atoms with Crippen LogP contribution in [0.4, 0.5) is 0 Å². The first-order valence-electron chi connectivity index (χ1n) is 10.8. The Kier molecular flexibility index (Phi) is 25.1. The van der Waals surface area contributed by atoms with Gasteiger partial charge in [-0.3, -0.25) is 4.79 Å². The molecule has 4 N–H and O–H groups in total. The van der Waals surface area contributed by atoms with Gasteiger partial charge in [0.2, 0.25) is 0 Å². The third-order valence-electron chi connectivity index (χ3n) is 5.87. The standard InChI is InChI=1S/2C14H14O3.2CH4.2K.2H2O/c2*1-9(14(15)16)10-3-4-12-8-13(17-2)6-5-11(12)7-10;;;;;;/h2*3-9H,1-2H3,(H,15,16);2*1H4;;;2*1H2/q;;;;2*+1;;/p-2. The van der Waals surface area contributed by atoms with Gasteiger partial charge in [-0.2, -0.15) is 0 Å². The average molecular weight is 605 g/mol. The molecule has 10 heteroatoms. The normalized spacial score (nSPS) is 10.5. The number of aliphatic carboxylic acids is 2. The Morgan fingerprint density at radius 1 is 0.675 bits per heavy atom. The van der Waals surface area contributed by atoms with E-state index in [1.54, 1.807) is 28.1 Å². The zero-order chi connectivity index (χ0) is 24.8. The third kappa shape index (κ3) is 12.2. The second-order valence-electron chi connectivity index (χ2n) is 8.05. The fraction of sp³-hybridized carbons (Fsp3) is 0.267. The summed E-state index contributed by atoms with van der Waals surface area (Å²) in [5.41, 5.74) is 1.57. The molecule has 0 saturated carbocycles. The number of carbonyl (C=O) groups is 2. The van der Waals surface area contributed by atoms with Gasteiger partial charge in [-0.25, -0.2) is 0 Å². The van der Waals surface area contributed by atoms with Crippen LogP contribution in [0.1, 0.15) is 51.7 Å². The summed E-state index contributed by atoms with van der Waals surface area (Å²) in [7, 11) is 3.25. The number of fused-ring (bicyclic) bond motifs is 2. The van der Waals surface area contributed by atoms with Crippen LogP contribution in [0.15, 0.2) is 72.8 Å². The molecule has 0 bridgehead atoms. The Bertz CT molecular complexity index is 1240. The Hall–Kier alpha value is -0.867. The summed E-state index contributed by atoms with van der Waals surface area (Å²) in [6, 6.07) is 22.7. The van der Waals surface area contributed by atoms with E-state index in [4.69, 9.17) is 14.6 Å². The molecule has 0 aliphatic carbocycles. The largest absolute Gasteiger partial charge is 1.00 e. The maximum atomic E-state index is 10.9. The van der Waals surface area contributed by atoms with E-state index in [9.17, 15) is 14.7 Å². The van der Waals surface area contributed by atoms with Crippen molar-refractivity contribution in [3.63, 3.8) is 0 Å². The van der Waals surface area contributed by atoms with Crippen LogP contribution < -0.4 is 117 Å². The smallest absolute Gasteiger partial charge is 0.870 e. The van der Waals surface area contributed by atoms with Gasteiger partial charge in [-0.05, 0) is 63.9 Å². The zero-order valence-electron chi connectivity index (χ0n) is 22.5. The van der Waals surface area contributed by atoms with Gasteiger partial charge in [0.1, 0.15) is 11.5 Å². The van der Waals surface area contributed by atoms with E-state index in [-0.39, 0.29) is 129 Å². The topological polar surface area (TPSA) is 157 Å². The molecular weight excluding hydrogens is 567 g/mol. The molecule has 4 aromatic rings. The van der Waals surface area contributed by atoms with Gasteiger partial charge in [-0.1, -0.05) is 70.3 Å². The maximum Gasteiger partial charge on any atom is 1.00 e. The van der Waals surface area contributed by atoms with Crippen molar-refractivity contribution < 1.29 is 143 Å². The minimum absolute atomic E-state index is 0. The van der Waals surface area contributed by atoms with Crippen molar-refractivity contribution in [2.45, 2.75) is 40.5 Å². The molecule has 8 nitrogen and oxygen atoms in total. The van der Waals surface area contributed by atoms with Gasteiger partial charge in [0.25, 0.3) is 0 Å². The molecule has 4 aromatic carbocycles. The molecule has 0 amide bonds. The van der Waals surface area contributed by atoms with Crippen LogP contribution in [0.3, 0.4) is 0 Å². The number of hydrogen-bond donors (Lipinski definition) is 1. The summed E-state index contributed by atoms with van der Waals surface area (Å²) >= 11 is 0. The van der Waals surface area contributed by atoms with Gasteiger partial charge in [0.15, 0.2) is 0 Å². The van der Waals surface area contributed by atoms with Gasteiger partial charge < -0.3 is 35.4 Å². The summed E-state index contributed by atoms with van der Waals surface area (Å²) in [6.07, 6.45) is 0. The third-order valence-corrected chi connectivity index (χ3v) is 5.87. The summed E-state index contributed by atoms with van der Waals surface area (Å²) in [4.78, 5) is 21.7. The van der Waals surface area contributed by atoms with Gasteiger partial charge >= 0.3 is 109 Å². The van der Waals surface area contributed by atoms with Crippen molar-refractivity contribution in [1.29, 1.82) is 0 Å².